The lowest BCUT2D eigenvalue weighted by molar-refractivity contribution is -0.126. The van der Waals surface area contributed by atoms with Crippen molar-refractivity contribution in [2.45, 2.75) is 38.4 Å². The molecule has 2 unspecified atom stereocenters. The number of pyridine rings is 1. The van der Waals surface area contributed by atoms with E-state index < -0.39 is 23.6 Å². The van der Waals surface area contributed by atoms with Crippen LogP contribution in [-0.4, -0.2) is 49.3 Å². The fraction of sp³-hybridized carbons (Fsp3) is 0.409. The molecule has 3 heterocycles. The van der Waals surface area contributed by atoms with Crippen LogP contribution in [-0.2, 0) is 14.3 Å². The van der Waals surface area contributed by atoms with Gasteiger partial charge in [0.05, 0.1) is 13.2 Å². The molecule has 3 N–H and O–H groups in total. The Morgan fingerprint density at radius 2 is 1.91 bits per heavy atom. The summed E-state index contributed by atoms with van der Waals surface area (Å²) in [6.07, 6.45) is 3.97. The van der Waals surface area contributed by atoms with E-state index in [-0.39, 0.29) is 23.5 Å². The summed E-state index contributed by atoms with van der Waals surface area (Å²) in [5.74, 6) is -2.73. The van der Waals surface area contributed by atoms with Crippen LogP contribution in [0.1, 0.15) is 36.7 Å². The number of primary amides is 1. The molecular weight excluding hydrogens is 424 g/mol. The molecule has 0 spiro atoms. The van der Waals surface area contributed by atoms with Crippen LogP contribution >= 0.6 is 0 Å². The topological polar surface area (TPSA) is 113 Å². The van der Waals surface area contributed by atoms with E-state index in [0.717, 1.165) is 25.7 Å². The van der Waals surface area contributed by atoms with Gasteiger partial charge < -0.3 is 25.3 Å². The van der Waals surface area contributed by atoms with Crippen molar-refractivity contribution in [1.29, 1.82) is 0 Å². The minimum Gasteiger partial charge on any atom is -0.494 e. The number of hydrogen-bond donors (Lipinski definition) is 2. The van der Waals surface area contributed by atoms with Gasteiger partial charge in [0.25, 0.3) is 11.8 Å². The molecule has 2 fully saturated rings. The predicted molar refractivity (Wildman–Crippen MR) is 113 cm³/mol. The van der Waals surface area contributed by atoms with Crippen LogP contribution in [0.5, 0.6) is 5.75 Å². The van der Waals surface area contributed by atoms with Gasteiger partial charge in [0.1, 0.15) is 11.8 Å². The third-order valence-electron chi connectivity index (χ3n) is 4.52. The molecule has 0 saturated carbocycles. The highest BCUT2D eigenvalue weighted by Crippen LogP contribution is 2.20. The zero-order valence-corrected chi connectivity index (χ0v) is 18.0. The van der Waals surface area contributed by atoms with E-state index in [1.807, 2.05) is 6.92 Å². The van der Waals surface area contributed by atoms with Gasteiger partial charge in [-0.1, -0.05) is 6.07 Å². The molecular formula is C22H27F2N3O5. The largest absolute Gasteiger partial charge is 0.494 e. The molecule has 2 aliphatic heterocycles. The van der Waals surface area contributed by atoms with E-state index >= 15 is 0 Å². The zero-order valence-electron chi connectivity index (χ0n) is 18.0. The number of nitrogens with zero attached hydrogens (tertiary/aromatic N) is 1. The summed E-state index contributed by atoms with van der Waals surface area (Å²) in [6, 6.07) is 6.83. The molecule has 0 bridgehead atoms. The minimum atomic E-state index is -0.940. The summed E-state index contributed by atoms with van der Waals surface area (Å²) in [7, 11) is 1.29. The van der Waals surface area contributed by atoms with Gasteiger partial charge in [-0.15, -0.1) is 0 Å². The Morgan fingerprint density at radius 1 is 1.22 bits per heavy atom. The van der Waals surface area contributed by atoms with Crippen molar-refractivity contribution < 1.29 is 32.6 Å². The lowest BCUT2D eigenvalue weighted by Crippen LogP contribution is -2.28. The van der Waals surface area contributed by atoms with Crippen molar-refractivity contribution in [2.75, 3.05) is 25.6 Å². The average Bonchev–Trinajstić information content (AvgIpc) is 3.16. The Hall–Kier alpha value is -3.11. The SMILES string of the molecule is C1COC1.CC1CCC(C(=O)Nc2ccnc(C(N)=O)c2)O1.COc1cccc(F)c1F. The first-order chi connectivity index (χ1) is 15.3. The molecule has 0 radical (unpaired) electrons. The highest BCUT2D eigenvalue weighted by Gasteiger charge is 2.28. The maximum atomic E-state index is 12.5. The lowest BCUT2D eigenvalue weighted by Gasteiger charge is -2.11. The first kappa shape index (κ1) is 25.2. The van der Waals surface area contributed by atoms with Crippen molar-refractivity contribution >= 4 is 17.5 Å². The number of ether oxygens (including phenoxy) is 3. The number of amides is 2. The summed E-state index contributed by atoms with van der Waals surface area (Å²) in [5.41, 5.74) is 5.73. The van der Waals surface area contributed by atoms with Gasteiger partial charge in [-0.05, 0) is 50.5 Å². The van der Waals surface area contributed by atoms with Crippen LogP contribution in [0.25, 0.3) is 0 Å². The van der Waals surface area contributed by atoms with Crippen LogP contribution in [0.4, 0.5) is 14.5 Å². The number of benzene rings is 1. The highest BCUT2D eigenvalue weighted by atomic mass is 19.2. The Kier molecular flexibility index (Phi) is 9.96. The van der Waals surface area contributed by atoms with Crippen LogP contribution in [0.15, 0.2) is 36.5 Å². The fourth-order valence-corrected chi connectivity index (χ4v) is 2.65. The van der Waals surface area contributed by atoms with Gasteiger partial charge in [-0.25, -0.2) is 4.39 Å². The smallest absolute Gasteiger partial charge is 0.267 e. The number of halogens is 2. The van der Waals surface area contributed by atoms with Gasteiger partial charge in [0.15, 0.2) is 11.6 Å². The number of methoxy groups -OCH3 is 1. The van der Waals surface area contributed by atoms with Crippen molar-refractivity contribution in [3.8, 4) is 5.75 Å². The Bertz CT molecular complexity index is 905. The molecule has 1 aromatic heterocycles. The third kappa shape index (κ3) is 7.86. The van der Waals surface area contributed by atoms with E-state index in [1.165, 1.54) is 37.9 Å². The van der Waals surface area contributed by atoms with Crippen LogP contribution < -0.4 is 15.8 Å². The molecule has 1 aromatic carbocycles. The average molecular weight is 451 g/mol. The Labute approximate surface area is 185 Å². The molecule has 2 aliphatic rings. The summed E-state index contributed by atoms with van der Waals surface area (Å²) < 4.78 is 39.5. The second kappa shape index (κ2) is 12.7. The number of rotatable bonds is 4. The van der Waals surface area contributed by atoms with Gasteiger partial charge >= 0.3 is 0 Å². The summed E-state index contributed by atoms with van der Waals surface area (Å²) >= 11 is 0. The number of nitrogens with one attached hydrogen (secondary N) is 1. The van der Waals surface area contributed by atoms with E-state index in [0.29, 0.717) is 12.1 Å². The normalized spacial score (nSPS) is 18.8. The van der Waals surface area contributed by atoms with Gasteiger partial charge in [-0.3, -0.25) is 14.6 Å². The van der Waals surface area contributed by atoms with E-state index in [9.17, 15) is 18.4 Å². The van der Waals surface area contributed by atoms with Crippen LogP contribution in [0.2, 0.25) is 0 Å². The number of anilines is 1. The number of nitrogens with two attached hydrogens (primary N) is 1. The molecule has 2 amide bonds. The standard InChI is InChI=1S/C12H15N3O3.C7H6F2O.C3H6O/c1-7-2-3-10(18-7)12(17)15-8-4-5-14-9(6-8)11(13)16;1-10-6-4-2-3-5(8)7(6)9;1-2-4-3-1/h4-7,10H,2-3H2,1H3,(H2,13,16)(H,14,15,17);2-4H,1H3;1-3H2. The molecule has 2 atom stereocenters. The number of carbonyl (C=O) groups excluding carboxylic acids is 2. The number of hydrogen-bond acceptors (Lipinski definition) is 6. The van der Waals surface area contributed by atoms with Crippen molar-refractivity contribution in [3.63, 3.8) is 0 Å². The van der Waals surface area contributed by atoms with Crippen molar-refractivity contribution in [2.24, 2.45) is 5.73 Å². The molecule has 4 rings (SSSR count). The lowest BCUT2D eigenvalue weighted by atomic mass is 10.2. The maximum absolute atomic E-state index is 12.5. The molecule has 2 aromatic rings. The number of aromatic nitrogens is 1. The van der Waals surface area contributed by atoms with Crippen LogP contribution in [0.3, 0.4) is 0 Å². The number of carbonyl (C=O) groups is 2. The summed E-state index contributed by atoms with van der Waals surface area (Å²) in [6.45, 7) is 3.94. The Morgan fingerprint density at radius 3 is 2.41 bits per heavy atom. The quantitative estimate of drug-likeness (QED) is 0.739. The van der Waals surface area contributed by atoms with Crippen molar-refractivity contribution in [1.82, 2.24) is 4.98 Å². The van der Waals surface area contributed by atoms with E-state index in [4.69, 9.17) is 15.2 Å². The maximum Gasteiger partial charge on any atom is 0.267 e. The third-order valence-corrected chi connectivity index (χ3v) is 4.52. The van der Waals surface area contributed by atoms with Crippen LogP contribution in [0, 0.1) is 11.6 Å². The second-order valence-electron chi connectivity index (χ2n) is 7.02. The predicted octanol–water partition coefficient (Wildman–Crippen LogP) is 3.07. The highest BCUT2D eigenvalue weighted by molar-refractivity contribution is 5.96. The summed E-state index contributed by atoms with van der Waals surface area (Å²) in [4.78, 5) is 26.6. The second-order valence-corrected chi connectivity index (χ2v) is 7.02. The van der Waals surface area contributed by atoms with Crippen molar-refractivity contribution in [3.05, 3.63) is 53.9 Å². The first-order valence-electron chi connectivity index (χ1n) is 10.1. The van der Waals surface area contributed by atoms with Gasteiger partial charge in [0.2, 0.25) is 5.82 Å². The monoisotopic (exact) mass is 451 g/mol. The molecule has 0 aliphatic carbocycles. The van der Waals surface area contributed by atoms with Gasteiger partial charge in [0, 0.05) is 25.1 Å². The molecule has 174 valence electrons. The van der Waals surface area contributed by atoms with E-state index in [2.05, 4.69) is 15.0 Å². The minimum absolute atomic E-state index is 0.0694. The van der Waals surface area contributed by atoms with E-state index in [1.54, 1.807) is 6.07 Å². The molecule has 10 heteroatoms. The fourth-order valence-electron chi connectivity index (χ4n) is 2.65. The first-order valence-corrected chi connectivity index (χ1v) is 10.1. The molecule has 32 heavy (non-hydrogen) atoms. The zero-order chi connectivity index (χ0) is 23.5. The summed E-state index contributed by atoms with van der Waals surface area (Å²) in [5, 5.41) is 2.69. The van der Waals surface area contributed by atoms with Gasteiger partial charge in [-0.2, -0.15) is 4.39 Å². The molecule has 8 nitrogen and oxygen atoms in total. The molecule has 2 saturated heterocycles. The Balaban J connectivity index is 0.000000215.